The summed E-state index contributed by atoms with van der Waals surface area (Å²) < 4.78 is 31.7. The third-order valence-electron chi connectivity index (χ3n) is 7.63. The Kier molecular flexibility index (Phi) is 11.7. The van der Waals surface area contributed by atoms with E-state index in [4.69, 9.17) is 9.90 Å². The second-order valence-electron chi connectivity index (χ2n) is 10.6. The minimum absolute atomic E-state index is 0.229. The fourth-order valence-electron chi connectivity index (χ4n) is 5.25. The first-order chi connectivity index (χ1) is 20.3. The van der Waals surface area contributed by atoms with E-state index in [1.54, 1.807) is 18.9 Å². The second kappa shape index (κ2) is 15.0. The smallest absolute Gasteiger partial charge is 0.475 e. The van der Waals surface area contributed by atoms with Gasteiger partial charge in [-0.25, -0.2) is 4.79 Å². The molecule has 2 aliphatic rings. The van der Waals surface area contributed by atoms with Gasteiger partial charge in [-0.15, -0.1) is 0 Å². The number of aliphatic hydroxyl groups is 1. The number of aliphatic hydroxyl groups excluding tert-OH is 1. The highest BCUT2D eigenvalue weighted by molar-refractivity contribution is 5.94. The number of halogens is 3. The SMILES string of the molecule is CN[C@@H](C)C(=O)N[C@H]1CC[C@@H](O)C[C@H]2CC[C@@H](C(=O)NC(c3ccccc3)c3ccccc3)N2C1=O.O=C(O)C(F)(F)F. The highest BCUT2D eigenvalue weighted by atomic mass is 19.4. The Morgan fingerprint density at radius 3 is 1.95 bits per heavy atom. The van der Waals surface area contributed by atoms with Crippen LogP contribution in [0.4, 0.5) is 13.2 Å². The third kappa shape index (κ3) is 9.01. The fourth-order valence-corrected chi connectivity index (χ4v) is 5.25. The molecule has 13 heteroatoms. The van der Waals surface area contributed by atoms with Gasteiger partial charge in [0.15, 0.2) is 0 Å². The Labute approximate surface area is 247 Å². The number of nitrogens with one attached hydrogen (secondary N) is 3. The first-order valence-corrected chi connectivity index (χ1v) is 14.0. The van der Waals surface area contributed by atoms with Crippen LogP contribution in [0.5, 0.6) is 0 Å². The molecule has 2 aliphatic heterocycles. The minimum Gasteiger partial charge on any atom is -0.475 e. The molecule has 2 aromatic rings. The molecule has 10 nitrogen and oxygen atoms in total. The van der Waals surface area contributed by atoms with Crippen LogP contribution in [0.25, 0.3) is 0 Å². The number of nitrogens with zero attached hydrogens (tertiary/aromatic N) is 1. The van der Waals surface area contributed by atoms with Crippen molar-refractivity contribution in [1.82, 2.24) is 20.9 Å². The molecule has 0 unspecified atom stereocenters. The van der Waals surface area contributed by atoms with Crippen LogP contribution >= 0.6 is 0 Å². The van der Waals surface area contributed by atoms with Gasteiger partial charge in [-0.2, -0.15) is 13.2 Å². The van der Waals surface area contributed by atoms with Crippen molar-refractivity contribution in [2.45, 2.75) is 81.5 Å². The highest BCUT2D eigenvalue weighted by Gasteiger charge is 2.45. The number of carbonyl (C=O) groups is 4. The number of hydrogen-bond donors (Lipinski definition) is 5. The lowest BCUT2D eigenvalue weighted by molar-refractivity contribution is -0.192. The van der Waals surface area contributed by atoms with Gasteiger partial charge < -0.3 is 31.1 Å². The second-order valence-corrected chi connectivity index (χ2v) is 10.6. The zero-order chi connectivity index (χ0) is 31.7. The van der Waals surface area contributed by atoms with Gasteiger partial charge in [-0.3, -0.25) is 14.4 Å². The number of hydrogen-bond acceptors (Lipinski definition) is 6. The van der Waals surface area contributed by atoms with Crippen molar-refractivity contribution in [1.29, 1.82) is 0 Å². The quantitative estimate of drug-likeness (QED) is 0.325. The van der Waals surface area contributed by atoms with Crippen molar-refractivity contribution in [3.05, 3.63) is 71.8 Å². The van der Waals surface area contributed by atoms with E-state index in [1.807, 2.05) is 60.7 Å². The molecule has 0 aromatic heterocycles. The Hall–Kier alpha value is -3.97. The molecule has 5 atom stereocenters. The molecule has 43 heavy (non-hydrogen) atoms. The van der Waals surface area contributed by atoms with E-state index >= 15 is 0 Å². The highest BCUT2D eigenvalue weighted by Crippen LogP contribution is 2.32. The van der Waals surface area contributed by atoms with E-state index in [0.29, 0.717) is 32.1 Å². The van der Waals surface area contributed by atoms with Crippen LogP contribution in [0.1, 0.15) is 56.2 Å². The summed E-state index contributed by atoms with van der Waals surface area (Å²) >= 11 is 0. The summed E-state index contributed by atoms with van der Waals surface area (Å²) in [5.74, 6) is -3.52. The Morgan fingerprint density at radius 2 is 1.47 bits per heavy atom. The van der Waals surface area contributed by atoms with Crippen LogP contribution in [0.15, 0.2) is 60.7 Å². The van der Waals surface area contributed by atoms with Crippen molar-refractivity contribution < 1.29 is 42.6 Å². The fraction of sp³-hybridized carbons (Fsp3) is 0.467. The number of carbonyl (C=O) groups excluding carboxylic acids is 3. The molecule has 234 valence electrons. The summed E-state index contributed by atoms with van der Waals surface area (Å²) in [5, 5.41) is 26.6. The van der Waals surface area contributed by atoms with E-state index in [9.17, 15) is 32.7 Å². The number of likely N-dealkylation sites (N-methyl/N-ethyl adjacent to an activating group) is 1. The number of alkyl halides is 3. The van der Waals surface area contributed by atoms with Gasteiger partial charge >= 0.3 is 12.1 Å². The molecule has 2 heterocycles. The predicted molar refractivity (Wildman–Crippen MR) is 151 cm³/mol. The summed E-state index contributed by atoms with van der Waals surface area (Å²) in [4.78, 5) is 50.5. The van der Waals surface area contributed by atoms with Crippen LogP contribution in [0, 0.1) is 0 Å². The monoisotopic (exact) mass is 606 g/mol. The minimum atomic E-state index is -5.08. The van der Waals surface area contributed by atoms with Gasteiger partial charge in [-0.1, -0.05) is 60.7 Å². The van der Waals surface area contributed by atoms with Crippen LogP contribution in [-0.4, -0.2) is 82.3 Å². The lowest BCUT2D eigenvalue weighted by Crippen LogP contribution is -2.58. The van der Waals surface area contributed by atoms with Gasteiger partial charge in [0.2, 0.25) is 17.7 Å². The summed E-state index contributed by atoms with van der Waals surface area (Å²) in [6.07, 6.45) is -3.33. The van der Waals surface area contributed by atoms with Crippen LogP contribution in [0.3, 0.4) is 0 Å². The molecular formula is C30H37F3N4O6. The van der Waals surface area contributed by atoms with Crippen molar-refractivity contribution in [2.24, 2.45) is 0 Å². The lowest BCUT2D eigenvalue weighted by atomic mass is 9.96. The number of aliphatic carboxylic acids is 1. The number of benzene rings is 2. The van der Waals surface area contributed by atoms with E-state index < -0.39 is 36.4 Å². The van der Waals surface area contributed by atoms with E-state index in [1.165, 1.54) is 0 Å². The maximum absolute atomic E-state index is 13.7. The summed E-state index contributed by atoms with van der Waals surface area (Å²) in [5.41, 5.74) is 1.90. The van der Waals surface area contributed by atoms with Gasteiger partial charge in [0.25, 0.3) is 0 Å². The molecular weight excluding hydrogens is 569 g/mol. The van der Waals surface area contributed by atoms with Crippen molar-refractivity contribution in [3.63, 3.8) is 0 Å². The first-order valence-electron chi connectivity index (χ1n) is 14.0. The van der Waals surface area contributed by atoms with Crippen LogP contribution < -0.4 is 16.0 Å². The number of carboxylic acids is 1. The summed E-state index contributed by atoms with van der Waals surface area (Å²) in [6, 6.07) is 17.0. The van der Waals surface area contributed by atoms with Gasteiger partial charge in [0.05, 0.1) is 18.2 Å². The molecule has 0 aliphatic carbocycles. The standard InChI is InChI=1S/C28H36N4O4.C2HF3O2/c1-18(29-2)26(34)30-23-15-14-22(33)17-21-13-16-24(32(21)28(23)36)27(35)31-25(19-9-5-3-6-10-19)20-11-7-4-8-12-20;3-2(4,5)1(6)7/h3-12,18,21-25,29,33H,13-17H2,1-2H3,(H,30,34)(H,31,35);(H,6,7)/t18-,21+,22+,23-,24-;/m0./s1. The average molecular weight is 607 g/mol. The molecule has 2 fully saturated rings. The lowest BCUT2D eigenvalue weighted by Gasteiger charge is -2.37. The van der Waals surface area contributed by atoms with Crippen molar-refractivity contribution >= 4 is 23.7 Å². The van der Waals surface area contributed by atoms with Crippen molar-refractivity contribution in [2.75, 3.05) is 7.05 Å². The van der Waals surface area contributed by atoms with Crippen LogP contribution in [0.2, 0.25) is 0 Å². The number of rotatable bonds is 7. The molecule has 0 saturated carbocycles. The average Bonchev–Trinajstić information content (AvgIpc) is 3.40. The molecule has 0 radical (unpaired) electrons. The van der Waals surface area contributed by atoms with Gasteiger partial charge in [-0.05, 0) is 57.2 Å². The van der Waals surface area contributed by atoms with E-state index in [2.05, 4.69) is 16.0 Å². The normalized spacial score (nSPS) is 22.8. The topological polar surface area (TPSA) is 148 Å². The molecule has 3 amide bonds. The van der Waals surface area contributed by atoms with Gasteiger partial charge in [0, 0.05) is 6.04 Å². The van der Waals surface area contributed by atoms with Crippen molar-refractivity contribution in [3.8, 4) is 0 Å². The van der Waals surface area contributed by atoms with Gasteiger partial charge in [0.1, 0.15) is 12.1 Å². The maximum Gasteiger partial charge on any atom is 0.490 e. The molecule has 4 rings (SSSR count). The Balaban J connectivity index is 0.000000646. The van der Waals surface area contributed by atoms with Crippen LogP contribution in [-0.2, 0) is 19.2 Å². The summed E-state index contributed by atoms with van der Waals surface area (Å²) in [7, 11) is 1.68. The molecule has 2 aromatic carbocycles. The zero-order valence-electron chi connectivity index (χ0n) is 23.9. The van der Waals surface area contributed by atoms with E-state index in [-0.39, 0.29) is 29.8 Å². The Morgan fingerprint density at radius 1 is 0.930 bits per heavy atom. The van der Waals surface area contributed by atoms with E-state index in [0.717, 1.165) is 11.1 Å². The predicted octanol–water partition coefficient (Wildman–Crippen LogP) is 2.52. The summed E-state index contributed by atoms with van der Waals surface area (Å²) in [6.45, 7) is 1.72. The number of fused-ring (bicyclic) bond motifs is 1. The third-order valence-corrected chi connectivity index (χ3v) is 7.63. The molecule has 5 N–H and O–H groups in total. The molecule has 2 saturated heterocycles. The first kappa shape index (κ1) is 33.5. The molecule has 0 spiro atoms. The number of amides is 3. The largest absolute Gasteiger partial charge is 0.490 e. The Bertz CT molecular complexity index is 1210. The zero-order valence-corrected chi connectivity index (χ0v) is 23.9. The molecule has 0 bridgehead atoms. The number of carboxylic acid groups (broad SMARTS) is 1. The maximum atomic E-state index is 13.7.